The Kier molecular flexibility index (Phi) is 7.20. The molecule has 0 unspecified atom stereocenters. The van der Waals surface area contributed by atoms with Gasteiger partial charge in [-0.1, -0.05) is 24.3 Å². The van der Waals surface area contributed by atoms with E-state index in [4.69, 9.17) is 14.7 Å². The van der Waals surface area contributed by atoms with Crippen LogP contribution in [0.3, 0.4) is 0 Å². The first-order valence-electron chi connectivity index (χ1n) is 8.34. The van der Waals surface area contributed by atoms with E-state index in [2.05, 4.69) is 16.9 Å². The third kappa shape index (κ3) is 6.71. The highest BCUT2D eigenvalue weighted by Crippen LogP contribution is 2.18. The molecule has 0 fully saturated rings. The molecule has 0 radical (unpaired) electrons. The number of amides is 2. The molecule has 0 heterocycles. The average molecular weight is 367 g/mol. The Balaban J connectivity index is 1.69. The Morgan fingerprint density at radius 2 is 1.59 bits per heavy atom. The van der Waals surface area contributed by atoms with Gasteiger partial charge in [0.25, 0.3) is 11.8 Å². The van der Waals surface area contributed by atoms with Gasteiger partial charge in [-0.3, -0.25) is 20.4 Å². The van der Waals surface area contributed by atoms with Crippen molar-refractivity contribution in [3.63, 3.8) is 0 Å². The van der Waals surface area contributed by atoms with Crippen molar-refractivity contribution in [1.82, 2.24) is 10.9 Å². The largest absolute Gasteiger partial charge is 0.484 e. The van der Waals surface area contributed by atoms with E-state index < -0.39 is 11.8 Å². The number of carbonyl (C=O) groups is 2. The number of ether oxygens (including phenoxy) is 2. The van der Waals surface area contributed by atoms with Crippen LogP contribution in [0.5, 0.6) is 11.5 Å². The third-order valence-corrected chi connectivity index (χ3v) is 3.62. The molecule has 2 rings (SSSR count). The van der Waals surface area contributed by atoms with Crippen molar-refractivity contribution < 1.29 is 19.1 Å². The van der Waals surface area contributed by atoms with E-state index in [1.54, 1.807) is 24.3 Å². The first-order chi connectivity index (χ1) is 13.0. The molecule has 0 bridgehead atoms. The first kappa shape index (κ1) is 19.8. The van der Waals surface area contributed by atoms with Gasteiger partial charge in [0.15, 0.2) is 13.2 Å². The lowest BCUT2D eigenvalue weighted by Crippen LogP contribution is -2.45. The molecule has 0 aliphatic rings. The number of nitrogens with one attached hydrogen (secondary N) is 2. The number of nitriles is 1. The second kappa shape index (κ2) is 9.82. The summed E-state index contributed by atoms with van der Waals surface area (Å²) in [6, 6.07) is 14.6. The number of benzene rings is 2. The van der Waals surface area contributed by atoms with Gasteiger partial charge in [0.1, 0.15) is 11.5 Å². The Morgan fingerprint density at radius 3 is 2.22 bits per heavy atom. The molecular weight excluding hydrogens is 346 g/mol. The molecule has 2 aromatic rings. The fourth-order valence-corrected chi connectivity index (χ4v) is 2.16. The van der Waals surface area contributed by atoms with Gasteiger partial charge in [0.2, 0.25) is 0 Å². The SMILES string of the molecule is Cc1ccc(C)c(OCC(=O)NNC(=O)COc2ccc(CC#N)cc2)c1. The summed E-state index contributed by atoms with van der Waals surface area (Å²) in [6.07, 6.45) is 0.316. The number of hydrogen-bond donors (Lipinski definition) is 2. The standard InChI is InChI=1S/C20H21N3O4/c1-14-3-4-15(2)18(11-14)27-13-20(25)23-22-19(24)12-26-17-7-5-16(6-8-17)9-10-21/h3-8,11H,9,12-13H2,1-2H3,(H,22,24)(H,23,25). The summed E-state index contributed by atoms with van der Waals surface area (Å²) in [5.74, 6) is 0.136. The van der Waals surface area contributed by atoms with E-state index in [9.17, 15) is 9.59 Å². The van der Waals surface area contributed by atoms with Crippen LogP contribution in [0, 0.1) is 25.2 Å². The van der Waals surface area contributed by atoms with Crippen LogP contribution < -0.4 is 20.3 Å². The number of hydrazine groups is 1. The monoisotopic (exact) mass is 367 g/mol. The van der Waals surface area contributed by atoms with Gasteiger partial charge in [0, 0.05) is 0 Å². The maximum absolute atomic E-state index is 11.8. The molecule has 0 spiro atoms. The topological polar surface area (TPSA) is 100 Å². The van der Waals surface area contributed by atoms with Crippen LogP contribution in [-0.4, -0.2) is 25.0 Å². The van der Waals surface area contributed by atoms with Gasteiger partial charge < -0.3 is 9.47 Å². The molecule has 7 heteroatoms. The summed E-state index contributed by atoms with van der Waals surface area (Å²) < 4.78 is 10.8. The van der Waals surface area contributed by atoms with E-state index in [1.807, 2.05) is 32.0 Å². The summed E-state index contributed by atoms with van der Waals surface area (Å²) in [5, 5.41) is 8.62. The zero-order valence-electron chi connectivity index (χ0n) is 15.2. The highest BCUT2D eigenvalue weighted by Gasteiger charge is 2.08. The third-order valence-electron chi connectivity index (χ3n) is 3.62. The van der Waals surface area contributed by atoms with Crippen molar-refractivity contribution in [2.75, 3.05) is 13.2 Å². The minimum Gasteiger partial charge on any atom is -0.484 e. The van der Waals surface area contributed by atoms with Crippen molar-refractivity contribution in [2.24, 2.45) is 0 Å². The smallest absolute Gasteiger partial charge is 0.276 e. The normalized spacial score (nSPS) is 9.81. The minimum atomic E-state index is -0.504. The van der Waals surface area contributed by atoms with Crippen LogP contribution in [0.4, 0.5) is 0 Å². The molecule has 0 saturated heterocycles. The fourth-order valence-electron chi connectivity index (χ4n) is 2.16. The fraction of sp³-hybridized carbons (Fsp3) is 0.250. The zero-order valence-corrected chi connectivity index (χ0v) is 15.2. The lowest BCUT2D eigenvalue weighted by molar-refractivity contribution is -0.131. The van der Waals surface area contributed by atoms with Crippen LogP contribution in [-0.2, 0) is 16.0 Å². The van der Waals surface area contributed by atoms with Crippen molar-refractivity contribution in [1.29, 1.82) is 5.26 Å². The minimum absolute atomic E-state index is 0.216. The Labute approximate surface area is 157 Å². The number of hydrogen-bond acceptors (Lipinski definition) is 5. The predicted octanol–water partition coefficient (Wildman–Crippen LogP) is 1.97. The second-order valence-corrected chi connectivity index (χ2v) is 5.92. The molecule has 0 atom stereocenters. The molecule has 0 aromatic heterocycles. The molecule has 140 valence electrons. The molecular formula is C20H21N3O4. The van der Waals surface area contributed by atoms with E-state index in [0.29, 0.717) is 17.9 Å². The molecule has 0 aliphatic heterocycles. The molecule has 2 amide bonds. The highest BCUT2D eigenvalue weighted by molar-refractivity contribution is 5.83. The second-order valence-electron chi connectivity index (χ2n) is 5.92. The molecule has 0 saturated carbocycles. The van der Waals surface area contributed by atoms with Crippen molar-refractivity contribution in [3.05, 3.63) is 59.2 Å². The summed E-state index contributed by atoms with van der Waals surface area (Å²) in [7, 11) is 0. The Morgan fingerprint density at radius 1 is 0.963 bits per heavy atom. The van der Waals surface area contributed by atoms with Gasteiger partial charge in [-0.15, -0.1) is 0 Å². The molecule has 2 N–H and O–H groups in total. The van der Waals surface area contributed by atoms with Gasteiger partial charge in [-0.05, 0) is 48.7 Å². The zero-order chi connectivity index (χ0) is 19.6. The van der Waals surface area contributed by atoms with Gasteiger partial charge in [-0.2, -0.15) is 5.26 Å². The van der Waals surface area contributed by atoms with Crippen LogP contribution in [0.1, 0.15) is 16.7 Å². The number of nitrogens with zero attached hydrogens (tertiary/aromatic N) is 1. The van der Waals surface area contributed by atoms with E-state index >= 15 is 0 Å². The van der Waals surface area contributed by atoms with Crippen molar-refractivity contribution >= 4 is 11.8 Å². The average Bonchev–Trinajstić information content (AvgIpc) is 2.66. The number of rotatable bonds is 7. The van der Waals surface area contributed by atoms with Gasteiger partial charge in [0.05, 0.1) is 12.5 Å². The van der Waals surface area contributed by atoms with Crippen LogP contribution in [0.25, 0.3) is 0 Å². The quantitative estimate of drug-likeness (QED) is 0.729. The van der Waals surface area contributed by atoms with Crippen molar-refractivity contribution in [2.45, 2.75) is 20.3 Å². The van der Waals surface area contributed by atoms with E-state index in [1.165, 1.54) is 0 Å². The maximum atomic E-state index is 11.8. The van der Waals surface area contributed by atoms with Crippen molar-refractivity contribution in [3.8, 4) is 17.6 Å². The Hall–Kier alpha value is -3.53. The molecule has 7 nitrogen and oxygen atoms in total. The van der Waals surface area contributed by atoms with Crippen LogP contribution in [0.2, 0.25) is 0 Å². The summed E-state index contributed by atoms with van der Waals surface area (Å²) in [5.41, 5.74) is 7.35. The molecule has 0 aliphatic carbocycles. The van der Waals surface area contributed by atoms with Crippen LogP contribution in [0.15, 0.2) is 42.5 Å². The first-order valence-corrected chi connectivity index (χ1v) is 8.34. The number of aryl methyl sites for hydroxylation is 2. The maximum Gasteiger partial charge on any atom is 0.276 e. The summed E-state index contributed by atoms with van der Waals surface area (Å²) in [4.78, 5) is 23.5. The van der Waals surface area contributed by atoms with E-state index in [0.717, 1.165) is 16.7 Å². The van der Waals surface area contributed by atoms with Crippen LogP contribution >= 0.6 is 0 Å². The predicted molar refractivity (Wildman–Crippen MR) is 99.0 cm³/mol. The Bertz CT molecular complexity index is 841. The lowest BCUT2D eigenvalue weighted by Gasteiger charge is -2.11. The lowest BCUT2D eigenvalue weighted by atomic mass is 10.1. The molecule has 2 aromatic carbocycles. The molecule has 27 heavy (non-hydrogen) atoms. The van der Waals surface area contributed by atoms with E-state index in [-0.39, 0.29) is 13.2 Å². The summed E-state index contributed by atoms with van der Waals surface area (Å²) >= 11 is 0. The summed E-state index contributed by atoms with van der Waals surface area (Å²) in [6.45, 7) is 3.35. The number of carbonyl (C=O) groups excluding carboxylic acids is 2. The van der Waals surface area contributed by atoms with Gasteiger partial charge in [-0.25, -0.2) is 0 Å². The van der Waals surface area contributed by atoms with Gasteiger partial charge >= 0.3 is 0 Å². The highest BCUT2D eigenvalue weighted by atomic mass is 16.5.